The highest BCUT2D eigenvalue weighted by atomic mass is 32.2. The molecule has 0 saturated heterocycles. The number of carbonyl (C=O) groups is 1. The summed E-state index contributed by atoms with van der Waals surface area (Å²) in [5.41, 5.74) is 1.78. The molecule has 7 heteroatoms. The van der Waals surface area contributed by atoms with Crippen LogP contribution < -0.4 is 10.1 Å². The molecule has 0 aliphatic rings. The molecule has 1 N–H and O–H groups in total. The Morgan fingerprint density at radius 2 is 1.74 bits per heavy atom. The van der Waals surface area contributed by atoms with Crippen LogP contribution in [0.15, 0.2) is 54.6 Å². The van der Waals surface area contributed by atoms with Gasteiger partial charge in [-0.1, -0.05) is 49.4 Å². The van der Waals surface area contributed by atoms with Crippen LogP contribution in [-0.2, 0) is 21.4 Å². The number of sulfonamides is 1. The zero-order valence-electron chi connectivity index (χ0n) is 15.9. The zero-order valence-corrected chi connectivity index (χ0v) is 16.7. The molecule has 0 bridgehead atoms. The number of rotatable bonds is 9. The monoisotopic (exact) mass is 390 g/mol. The Morgan fingerprint density at radius 1 is 1.11 bits per heavy atom. The molecule has 2 aromatic rings. The Kier molecular flexibility index (Phi) is 7.38. The summed E-state index contributed by atoms with van der Waals surface area (Å²) in [6, 6.07) is 16.5. The van der Waals surface area contributed by atoms with Gasteiger partial charge in [0.25, 0.3) is 0 Å². The van der Waals surface area contributed by atoms with Crippen molar-refractivity contribution in [2.75, 3.05) is 19.9 Å². The second-order valence-electron chi connectivity index (χ2n) is 6.32. The lowest BCUT2D eigenvalue weighted by Gasteiger charge is -2.22. The standard InChI is InChI=1S/C20H26N2O4S/c1-4-19(17-10-12-18(26-2)13-11-17)21-20(23)15-22(27(3,24)25)14-16-8-6-5-7-9-16/h5-13,19H,4,14-15H2,1-3H3,(H,21,23). The van der Waals surface area contributed by atoms with Gasteiger partial charge in [-0.15, -0.1) is 0 Å². The van der Waals surface area contributed by atoms with Crippen molar-refractivity contribution in [3.05, 3.63) is 65.7 Å². The molecule has 0 aromatic heterocycles. The van der Waals surface area contributed by atoms with Crippen LogP contribution in [-0.4, -0.2) is 38.5 Å². The second kappa shape index (κ2) is 9.53. The third kappa shape index (κ3) is 6.37. The normalized spacial score (nSPS) is 12.6. The molecule has 27 heavy (non-hydrogen) atoms. The number of benzene rings is 2. The van der Waals surface area contributed by atoms with E-state index in [4.69, 9.17) is 4.74 Å². The quantitative estimate of drug-likeness (QED) is 0.714. The van der Waals surface area contributed by atoms with Gasteiger partial charge in [0.2, 0.25) is 15.9 Å². The number of methoxy groups -OCH3 is 1. The van der Waals surface area contributed by atoms with E-state index in [0.29, 0.717) is 6.42 Å². The van der Waals surface area contributed by atoms with Gasteiger partial charge in [0, 0.05) is 6.54 Å². The van der Waals surface area contributed by atoms with Gasteiger partial charge in [-0.3, -0.25) is 4.79 Å². The zero-order chi connectivity index (χ0) is 19.9. The van der Waals surface area contributed by atoms with Crippen molar-refractivity contribution < 1.29 is 17.9 Å². The molecular formula is C20H26N2O4S. The SMILES string of the molecule is CCC(NC(=O)CN(Cc1ccccc1)S(C)(=O)=O)c1ccc(OC)cc1. The number of amides is 1. The smallest absolute Gasteiger partial charge is 0.235 e. The summed E-state index contributed by atoms with van der Waals surface area (Å²) in [4.78, 5) is 12.5. The number of nitrogens with zero attached hydrogens (tertiary/aromatic N) is 1. The number of hydrogen-bond donors (Lipinski definition) is 1. The predicted molar refractivity (Wildman–Crippen MR) is 106 cm³/mol. The first-order valence-electron chi connectivity index (χ1n) is 8.75. The Balaban J connectivity index is 2.06. The van der Waals surface area contributed by atoms with Crippen LogP contribution in [0, 0.1) is 0 Å². The van der Waals surface area contributed by atoms with E-state index in [-0.39, 0.29) is 25.0 Å². The largest absolute Gasteiger partial charge is 0.497 e. The molecule has 1 atom stereocenters. The summed E-state index contributed by atoms with van der Waals surface area (Å²) in [5.74, 6) is 0.407. The van der Waals surface area contributed by atoms with Crippen LogP contribution in [0.5, 0.6) is 5.75 Å². The van der Waals surface area contributed by atoms with E-state index in [9.17, 15) is 13.2 Å². The van der Waals surface area contributed by atoms with Gasteiger partial charge in [-0.25, -0.2) is 8.42 Å². The summed E-state index contributed by atoms with van der Waals surface area (Å²) in [5, 5.41) is 2.92. The molecule has 0 radical (unpaired) electrons. The minimum absolute atomic E-state index is 0.159. The van der Waals surface area contributed by atoms with Gasteiger partial charge in [-0.05, 0) is 29.7 Å². The molecule has 0 spiro atoms. The number of carbonyl (C=O) groups excluding carboxylic acids is 1. The third-order valence-electron chi connectivity index (χ3n) is 4.25. The maximum Gasteiger partial charge on any atom is 0.235 e. The lowest BCUT2D eigenvalue weighted by Crippen LogP contribution is -2.41. The van der Waals surface area contributed by atoms with Gasteiger partial charge in [0.05, 0.1) is 26.0 Å². The van der Waals surface area contributed by atoms with Crippen molar-refractivity contribution in [3.63, 3.8) is 0 Å². The number of ether oxygens (including phenoxy) is 1. The van der Waals surface area contributed by atoms with E-state index in [2.05, 4.69) is 5.32 Å². The lowest BCUT2D eigenvalue weighted by atomic mass is 10.0. The second-order valence-corrected chi connectivity index (χ2v) is 8.30. The molecule has 0 saturated carbocycles. The minimum atomic E-state index is -3.52. The Labute approximate surface area is 161 Å². The minimum Gasteiger partial charge on any atom is -0.497 e. The molecule has 1 unspecified atom stereocenters. The first-order chi connectivity index (χ1) is 12.8. The highest BCUT2D eigenvalue weighted by Gasteiger charge is 2.22. The summed E-state index contributed by atoms with van der Waals surface area (Å²) >= 11 is 0. The summed E-state index contributed by atoms with van der Waals surface area (Å²) in [7, 11) is -1.92. The molecule has 2 rings (SSSR count). The molecule has 0 aliphatic heterocycles. The first-order valence-corrected chi connectivity index (χ1v) is 10.6. The van der Waals surface area contributed by atoms with Crippen LogP contribution in [0.3, 0.4) is 0 Å². The maximum atomic E-state index is 12.5. The van der Waals surface area contributed by atoms with Gasteiger partial charge in [0.1, 0.15) is 5.75 Å². The highest BCUT2D eigenvalue weighted by molar-refractivity contribution is 7.88. The van der Waals surface area contributed by atoms with Crippen molar-refractivity contribution in [2.45, 2.75) is 25.9 Å². The molecule has 0 aliphatic carbocycles. The highest BCUT2D eigenvalue weighted by Crippen LogP contribution is 2.20. The van der Waals surface area contributed by atoms with Crippen LogP contribution in [0.4, 0.5) is 0 Å². The average molecular weight is 391 g/mol. The van der Waals surface area contributed by atoms with Crippen LogP contribution in [0.2, 0.25) is 0 Å². The molecular weight excluding hydrogens is 364 g/mol. The fourth-order valence-electron chi connectivity index (χ4n) is 2.73. The Bertz CT molecular complexity index is 836. The molecule has 6 nitrogen and oxygen atoms in total. The van der Waals surface area contributed by atoms with Crippen molar-refractivity contribution in [3.8, 4) is 5.75 Å². The average Bonchev–Trinajstić information content (AvgIpc) is 2.66. The van der Waals surface area contributed by atoms with Crippen LogP contribution >= 0.6 is 0 Å². The van der Waals surface area contributed by atoms with Gasteiger partial charge in [-0.2, -0.15) is 4.31 Å². The van der Waals surface area contributed by atoms with E-state index < -0.39 is 10.0 Å². The third-order valence-corrected chi connectivity index (χ3v) is 5.45. The maximum absolute atomic E-state index is 12.5. The van der Waals surface area contributed by atoms with Gasteiger partial charge in [0.15, 0.2) is 0 Å². The first kappa shape index (κ1) is 20.9. The number of hydrogen-bond acceptors (Lipinski definition) is 4. The van der Waals surface area contributed by atoms with Crippen molar-refractivity contribution in [2.24, 2.45) is 0 Å². The number of nitrogens with one attached hydrogen (secondary N) is 1. The van der Waals surface area contributed by atoms with E-state index >= 15 is 0 Å². The molecule has 1 amide bonds. The summed E-state index contributed by atoms with van der Waals surface area (Å²) < 4.78 is 30.5. The van der Waals surface area contributed by atoms with Crippen LogP contribution in [0.1, 0.15) is 30.5 Å². The van der Waals surface area contributed by atoms with Crippen molar-refractivity contribution >= 4 is 15.9 Å². The van der Waals surface area contributed by atoms with E-state index in [0.717, 1.165) is 23.1 Å². The lowest BCUT2D eigenvalue weighted by molar-refractivity contribution is -0.122. The topological polar surface area (TPSA) is 75.7 Å². The molecule has 0 heterocycles. The Hall–Kier alpha value is -2.38. The fraction of sp³-hybridized carbons (Fsp3) is 0.350. The summed E-state index contributed by atoms with van der Waals surface area (Å²) in [6.07, 6.45) is 1.81. The fourth-order valence-corrected chi connectivity index (χ4v) is 3.47. The van der Waals surface area contributed by atoms with Gasteiger partial charge >= 0.3 is 0 Å². The van der Waals surface area contributed by atoms with Crippen molar-refractivity contribution in [1.82, 2.24) is 9.62 Å². The van der Waals surface area contributed by atoms with Crippen LogP contribution in [0.25, 0.3) is 0 Å². The van der Waals surface area contributed by atoms with E-state index in [1.54, 1.807) is 7.11 Å². The molecule has 146 valence electrons. The van der Waals surface area contributed by atoms with Crippen molar-refractivity contribution in [1.29, 1.82) is 0 Å². The Morgan fingerprint density at radius 3 is 2.26 bits per heavy atom. The predicted octanol–water partition coefficient (Wildman–Crippen LogP) is 2.72. The van der Waals surface area contributed by atoms with E-state index in [1.165, 1.54) is 4.31 Å². The van der Waals surface area contributed by atoms with Gasteiger partial charge < -0.3 is 10.1 Å². The molecule has 0 fully saturated rings. The molecule has 2 aromatic carbocycles. The van der Waals surface area contributed by atoms with E-state index in [1.807, 2.05) is 61.5 Å². The summed E-state index contributed by atoms with van der Waals surface area (Å²) in [6.45, 7) is 1.90.